The van der Waals surface area contributed by atoms with Gasteiger partial charge in [0.2, 0.25) is 5.91 Å². The molecule has 1 aliphatic heterocycles. The van der Waals surface area contributed by atoms with Gasteiger partial charge in [-0.25, -0.2) is 0 Å². The maximum Gasteiger partial charge on any atom is 0.242 e. The van der Waals surface area contributed by atoms with Crippen molar-refractivity contribution in [3.8, 4) is 0 Å². The van der Waals surface area contributed by atoms with Gasteiger partial charge in [-0.3, -0.25) is 9.69 Å². The molecule has 0 spiro atoms. The largest absolute Gasteiger partial charge is 0.467 e. The topological polar surface area (TPSA) is 69.0 Å². The zero-order valence-corrected chi connectivity index (χ0v) is 14.5. The molecular weight excluding hydrogens is 318 g/mol. The molecule has 1 aromatic heterocycles. The van der Waals surface area contributed by atoms with Crippen LogP contribution in [0.3, 0.4) is 0 Å². The van der Waals surface area contributed by atoms with Crippen LogP contribution >= 0.6 is 0 Å². The van der Waals surface area contributed by atoms with Crippen LogP contribution in [-0.2, 0) is 4.79 Å². The zero-order chi connectivity index (χ0) is 17.6. The van der Waals surface area contributed by atoms with E-state index in [9.17, 15) is 9.90 Å². The van der Waals surface area contributed by atoms with E-state index >= 15 is 0 Å². The number of hydrogen-bond acceptors (Lipinski definition) is 5. The van der Waals surface area contributed by atoms with Crippen LogP contribution in [0, 0.1) is 0 Å². The SMILES string of the molecule is CN1CCN(C(C(=O)NC(CO)c2ccco2)c2ccccc2)CC1. The number of aliphatic hydroxyl groups is 1. The summed E-state index contributed by atoms with van der Waals surface area (Å²) < 4.78 is 5.34. The Bertz CT molecular complexity index is 652. The lowest BCUT2D eigenvalue weighted by atomic mass is 10.0. The third kappa shape index (κ3) is 4.28. The van der Waals surface area contributed by atoms with Gasteiger partial charge in [-0.2, -0.15) is 0 Å². The number of piperazine rings is 1. The third-order valence-electron chi connectivity index (χ3n) is 4.65. The van der Waals surface area contributed by atoms with Crippen molar-refractivity contribution in [1.29, 1.82) is 0 Å². The molecule has 6 heteroatoms. The van der Waals surface area contributed by atoms with E-state index in [0.29, 0.717) is 5.76 Å². The van der Waals surface area contributed by atoms with Crippen LogP contribution < -0.4 is 5.32 Å². The van der Waals surface area contributed by atoms with Crippen LogP contribution in [0.15, 0.2) is 53.1 Å². The van der Waals surface area contributed by atoms with Gasteiger partial charge in [-0.15, -0.1) is 0 Å². The Morgan fingerprint density at radius 2 is 1.88 bits per heavy atom. The Morgan fingerprint density at radius 3 is 2.48 bits per heavy atom. The fraction of sp³-hybridized carbons (Fsp3) is 0.421. The number of nitrogens with zero attached hydrogens (tertiary/aromatic N) is 2. The molecule has 0 bridgehead atoms. The monoisotopic (exact) mass is 343 g/mol. The molecule has 1 saturated heterocycles. The molecule has 0 radical (unpaired) electrons. The van der Waals surface area contributed by atoms with Crippen molar-refractivity contribution < 1.29 is 14.3 Å². The molecule has 2 unspecified atom stereocenters. The molecule has 2 atom stereocenters. The first-order chi connectivity index (χ1) is 12.2. The molecule has 25 heavy (non-hydrogen) atoms. The Labute approximate surface area is 148 Å². The molecule has 1 fully saturated rings. The molecule has 2 N–H and O–H groups in total. The van der Waals surface area contributed by atoms with Crippen molar-refractivity contribution in [2.24, 2.45) is 0 Å². The number of likely N-dealkylation sites (N-methyl/N-ethyl adjacent to an activating group) is 1. The summed E-state index contributed by atoms with van der Waals surface area (Å²) in [4.78, 5) is 17.5. The second-order valence-electron chi connectivity index (χ2n) is 6.41. The van der Waals surface area contributed by atoms with E-state index in [2.05, 4.69) is 22.2 Å². The minimum atomic E-state index is -0.541. The van der Waals surface area contributed by atoms with E-state index in [1.807, 2.05) is 30.3 Å². The molecule has 1 amide bonds. The normalized spacial score (nSPS) is 18.6. The van der Waals surface area contributed by atoms with Gasteiger partial charge in [0.25, 0.3) is 0 Å². The van der Waals surface area contributed by atoms with Gasteiger partial charge < -0.3 is 19.7 Å². The summed E-state index contributed by atoms with van der Waals surface area (Å²) in [5.41, 5.74) is 0.959. The number of amides is 1. The fourth-order valence-corrected chi connectivity index (χ4v) is 3.19. The Hall–Kier alpha value is -2.15. The first-order valence-electron chi connectivity index (χ1n) is 8.61. The zero-order valence-electron chi connectivity index (χ0n) is 14.5. The highest BCUT2D eigenvalue weighted by molar-refractivity contribution is 5.83. The molecule has 134 valence electrons. The van der Waals surface area contributed by atoms with E-state index in [1.54, 1.807) is 18.4 Å². The molecule has 1 aromatic carbocycles. The minimum absolute atomic E-state index is 0.119. The highest BCUT2D eigenvalue weighted by Crippen LogP contribution is 2.24. The van der Waals surface area contributed by atoms with E-state index in [1.165, 1.54) is 0 Å². The predicted octanol–water partition coefficient (Wildman–Crippen LogP) is 1.42. The van der Waals surface area contributed by atoms with Crippen molar-refractivity contribution >= 4 is 5.91 Å². The number of rotatable bonds is 6. The van der Waals surface area contributed by atoms with Crippen molar-refractivity contribution in [3.05, 3.63) is 60.1 Å². The van der Waals surface area contributed by atoms with Gasteiger partial charge in [0, 0.05) is 26.2 Å². The van der Waals surface area contributed by atoms with Crippen LogP contribution in [0.25, 0.3) is 0 Å². The maximum atomic E-state index is 13.1. The summed E-state index contributed by atoms with van der Waals surface area (Å²) in [6.45, 7) is 3.31. The van der Waals surface area contributed by atoms with E-state index in [0.717, 1.165) is 31.7 Å². The molecule has 0 aliphatic carbocycles. The quantitative estimate of drug-likeness (QED) is 0.830. The average molecular weight is 343 g/mol. The molecule has 2 aromatic rings. The van der Waals surface area contributed by atoms with Gasteiger partial charge in [0.15, 0.2) is 0 Å². The second kappa shape index (κ2) is 8.29. The first kappa shape index (κ1) is 17.7. The first-order valence-corrected chi connectivity index (χ1v) is 8.61. The fourth-order valence-electron chi connectivity index (χ4n) is 3.19. The summed E-state index contributed by atoms with van der Waals surface area (Å²) in [5, 5.41) is 12.6. The minimum Gasteiger partial charge on any atom is -0.467 e. The summed E-state index contributed by atoms with van der Waals surface area (Å²) in [5.74, 6) is 0.437. The van der Waals surface area contributed by atoms with Crippen LogP contribution in [0.4, 0.5) is 0 Å². The highest BCUT2D eigenvalue weighted by atomic mass is 16.3. The van der Waals surface area contributed by atoms with Crippen LogP contribution in [-0.4, -0.2) is 60.6 Å². The van der Waals surface area contributed by atoms with Crippen LogP contribution in [0.1, 0.15) is 23.4 Å². The molecule has 1 aliphatic rings. The summed E-state index contributed by atoms with van der Waals surface area (Å²) in [6.07, 6.45) is 1.54. The van der Waals surface area contributed by atoms with Gasteiger partial charge in [-0.05, 0) is 24.7 Å². The lowest BCUT2D eigenvalue weighted by Gasteiger charge is -2.37. The Morgan fingerprint density at radius 1 is 1.16 bits per heavy atom. The second-order valence-corrected chi connectivity index (χ2v) is 6.41. The third-order valence-corrected chi connectivity index (χ3v) is 4.65. The Kier molecular flexibility index (Phi) is 5.86. The lowest BCUT2D eigenvalue weighted by Crippen LogP contribution is -2.50. The number of carbonyl (C=O) groups is 1. The average Bonchev–Trinajstić information content (AvgIpc) is 3.17. The highest BCUT2D eigenvalue weighted by Gasteiger charge is 2.31. The predicted molar refractivity (Wildman–Crippen MR) is 94.9 cm³/mol. The summed E-state index contributed by atoms with van der Waals surface area (Å²) in [7, 11) is 2.09. The molecule has 3 rings (SSSR count). The molecule has 2 heterocycles. The van der Waals surface area contributed by atoms with Crippen molar-refractivity contribution in [1.82, 2.24) is 15.1 Å². The summed E-state index contributed by atoms with van der Waals surface area (Å²) >= 11 is 0. The van der Waals surface area contributed by atoms with Crippen molar-refractivity contribution in [2.45, 2.75) is 12.1 Å². The van der Waals surface area contributed by atoms with Crippen LogP contribution in [0.5, 0.6) is 0 Å². The number of hydrogen-bond donors (Lipinski definition) is 2. The smallest absolute Gasteiger partial charge is 0.242 e. The van der Waals surface area contributed by atoms with E-state index in [4.69, 9.17) is 4.42 Å². The van der Waals surface area contributed by atoms with Gasteiger partial charge in [0.1, 0.15) is 17.8 Å². The Balaban J connectivity index is 1.79. The lowest BCUT2D eigenvalue weighted by molar-refractivity contribution is -0.128. The number of benzene rings is 1. The van der Waals surface area contributed by atoms with Crippen molar-refractivity contribution in [2.75, 3.05) is 39.8 Å². The van der Waals surface area contributed by atoms with E-state index in [-0.39, 0.29) is 18.6 Å². The number of furan rings is 1. The molecule has 6 nitrogen and oxygen atoms in total. The maximum absolute atomic E-state index is 13.1. The summed E-state index contributed by atoms with van der Waals surface area (Å²) in [6, 6.07) is 12.4. The molecule has 0 saturated carbocycles. The number of carbonyl (C=O) groups excluding carboxylic acids is 1. The standard InChI is InChI=1S/C19H25N3O3/c1-21-9-11-22(12-10-21)18(15-6-3-2-4-7-15)19(24)20-16(14-23)17-8-5-13-25-17/h2-8,13,16,18,23H,9-12,14H2,1H3,(H,20,24). The number of nitrogens with one attached hydrogen (secondary N) is 1. The van der Waals surface area contributed by atoms with Crippen LogP contribution in [0.2, 0.25) is 0 Å². The van der Waals surface area contributed by atoms with Gasteiger partial charge in [-0.1, -0.05) is 30.3 Å². The van der Waals surface area contributed by atoms with Gasteiger partial charge >= 0.3 is 0 Å². The van der Waals surface area contributed by atoms with E-state index < -0.39 is 6.04 Å². The molecular formula is C19H25N3O3. The number of aliphatic hydroxyl groups excluding tert-OH is 1. The van der Waals surface area contributed by atoms with Crippen molar-refractivity contribution in [3.63, 3.8) is 0 Å². The van der Waals surface area contributed by atoms with Gasteiger partial charge in [0.05, 0.1) is 12.9 Å².